The van der Waals surface area contributed by atoms with Gasteiger partial charge in [0, 0.05) is 19.2 Å². The molecule has 0 radical (unpaired) electrons. The summed E-state index contributed by atoms with van der Waals surface area (Å²) in [5.74, 6) is 1.41. The van der Waals surface area contributed by atoms with Crippen molar-refractivity contribution in [2.45, 2.75) is 46.6 Å². The number of aromatic nitrogens is 2. The predicted octanol–water partition coefficient (Wildman–Crippen LogP) is 3.23. The van der Waals surface area contributed by atoms with E-state index in [1.54, 1.807) is 17.8 Å². The Hall–Kier alpha value is -2.08. The molecule has 0 spiro atoms. The maximum Gasteiger partial charge on any atom is 0.269 e. The zero-order chi connectivity index (χ0) is 18.4. The van der Waals surface area contributed by atoms with E-state index in [4.69, 9.17) is 4.42 Å². The van der Waals surface area contributed by atoms with E-state index >= 15 is 0 Å². The van der Waals surface area contributed by atoms with Gasteiger partial charge in [-0.2, -0.15) is 5.10 Å². The quantitative estimate of drug-likeness (QED) is 0.757. The molecule has 0 saturated heterocycles. The van der Waals surface area contributed by atoms with Crippen molar-refractivity contribution >= 4 is 5.91 Å². The van der Waals surface area contributed by atoms with Crippen LogP contribution in [0, 0.1) is 6.92 Å². The van der Waals surface area contributed by atoms with Gasteiger partial charge in [0.05, 0.1) is 0 Å². The maximum absolute atomic E-state index is 12.5. The highest BCUT2D eigenvalue weighted by molar-refractivity contribution is 5.93. The standard InChI is InChI=1S/C19H30N4O2/c1-6-23(7-2)12-8-9-14(3)20-19(24)17-13-16(21-22(17)5)18-11-10-15(4)25-18/h10-11,13-14H,6-9,12H2,1-5H3,(H,20,24). The van der Waals surface area contributed by atoms with Gasteiger partial charge in [0.2, 0.25) is 0 Å². The molecule has 25 heavy (non-hydrogen) atoms. The molecular formula is C19H30N4O2. The van der Waals surface area contributed by atoms with Crippen LogP contribution in [0.5, 0.6) is 0 Å². The van der Waals surface area contributed by atoms with Crippen LogP contribution in [0.1, 0.15) is 49.9 Å². The van der Waals surface area contributed by atoms with E-state index in [0.29, 0.717) is 17.1 Å². The molecule has 0 saturated carbocycles. The molecule has 1 N–H and O–H groups in total. The SMILES string of the molecule is CCN(CC)CCCC(C)NC(=O)c1cc(-c2ccc(C)o2)nn1C. The van der Waals surface area contributed by atoms with E-state index in [1.165, 1.54) is 0 Å². The van der Waals surface area contributed by atoms with Crippen molar-refractivity contribution in [2.75, 3.05) is 19.6 Å². The Kier molecular flexibility index (Phi) is 6.82. The van der Waals surface area contributed by atoms with Crippen LogP contribution in [0.4, 0.5) is 0 Å². The van der Waals surface area contributed by atoms with Crippen molar-refractivity contribution in [3.05, 3.63) is 29.7 Å². The Morgan fingerprint density at radius 2 is 2.08 bits per heavy atom. The van der Waals surface area contributed by atoms with Crippen LogP contribution >= 0.6 is 0 Å². The van der Waals surface area contributed by atoms with Gasteiger partial charge in [-0.25, -0.2) is 0 Å². The summed E-state index contributed by atoms with van der Waals surface area (Å²) in [5, 5.41) is 7.45. The minimum Gasteiger partial charge on any atom is -0.460 e. The Balaban J connectivity index is 1.91. The summed E-state index contributed by atoms with van der Waals surface area (Å²) in [5.41, 5.74) is 1.22. The molecule has 1 amide bonds. The lowest BCUT2D eigenvalue weighted by atomic mass is 10.1. The van der Waals surface area contributed by atoms with E-state index in [9.17, 15) is 4.79 Å². The molecule has 0 aliphatic carbocycles. The lowest BCUT2D eigenvalue weighted by molar-refractivity contribution is 0.0927. The Labute approximate surface area is 150 Å². The van der Waals surface area contributed by atoms with Gasteiger partial charge in [-0.05, 0) is 58.5 Å². The number of carbonyl (C=O) groups excluding carboxylic acids is 1. The van der Waals surface area contributed by atoms with Gasteiger partial charge in [0.15, 0.2) is 5.76 Å². The molecule has 6 heteroatoms. The van der Waals surface area contributed by atoms with Gasteiger partial charge in [-0.1, -0.05) is 13.8 Å². The number of hydrogen-bond acceptors (Lipinski definition) is 4. The molecule has 0 bridgehead atoms. The van der Waals surface area contributed by atoms with Gasteiger partial charge in [0.25, 0.3) is 5.91 Å². The normalized spacial score (nSPS) is 12.6. The summed E-state index contributed by atoms with van der Waals surface area (Å²) in [6, 6.07) is 5.67. The molecule has 6 nitrogen and oxygen atoms in total. The van der Waals surface area contributed by atoms with Crippen molar-refractivity contribution in [1.82, 2.24) is 20.0 Å². The largest absolute Gasteiger partial charge is 0.460 e. The lowest BCUT2D eigenvalue weighted by Gasteiger charge is -2.19. The summed E-state index contributed by atoms with van der Waals surface area (Å²) in [6.07, 6.45) is 2.04. The minimum absolute atomic E-state index is 0.0973. The molecule has 138 valence electrons. The first-order valence-corrected chi connectivity index (χ1v) is 9.08. The average Bonchev–Trinajstić information content (AvgIpc) is 3.17. The fourth-order valence-corrected chi connectivity index (χ4v) is 2.90. The maximum atomic E-state index is 12.5. The summed E-state index contributed by atoms with van der Waals surface area (Å²) in [4.78, 5) is 14.9. The van der Waals surface area contributed by atoms with Crippen LogP contribution in [0.3, 0.4) is 0 Å². The van der Waals surface area contributed by atoms with E-state index in [-0.39, 0.29) is 11.9 Å². The van der Waals surface area contributed by atoms with E-state index in [0.717, 1.165) is 38.2 Å². The molecule has 1 unspecified atom stereocenters. The smallest absolute Gasteiger partial charge is 0.269 e. The van der Waals surface area contributed by atoms with Crippen LogP contribution in [0.25, 0.3) is 11.5 Å². The molecule has 0 fully saturated rings. The first-order valence-electron chi connectivity index (χ1n) is 9.08. The fraction of sp³-hybridized carbons (Fsp3) is 0.579. The summed E-state index contributed by atoms with van der Waals surface area (Å²) >= 11 is 0. The van der Waals surface area contributed by atoms with Crippen molar-refractivity contribution < 1.29 is 9.21 Å². The second kappa shape index (κ2) is 8.85. The summed E-state index contributed by atoms with van der Waals surface area (Å²) in [7, 11) is 1.78. The number of furan rings is 1. The third-order valence-corrected chi connectivity index (χ3v) is 4.49. The highest BCUT2D eigenvalue weighted by atomic mass is 16.3. The Morgan fingerprint density at radius 3 is 2.68 bits per heavy atom. The van der Waals surface area contributed by atoms with Crippen LogP contribution in [-0.4, -0.2) is 46.3 Å². The van der Waals surface area contributed by atoms with Crippen molar-refractivity contribution in [1.29, 1.82) is 0 Å². The zero-order valence-electron chi connectivity index (χ0n) is 16.0. The van der Waals surface area contributed by atoms with Gasteiger partial charge in [0.1, 0.15) is 17.1 Å². The molecule has 1 atom stereocenters. The Bertz CT molecular complexity index is 685. The highest BCUT2D eigenvalue weighted by Gasteiger charge is 2.17. The zero-order valence-corrected chi connectivity index (χ0v) is 16.0. The number of nitrogens with zero attached hydrogens (tertiary/aromatic N) is 3. The van der Waals surface area contributed by atoms with Gasteiger partial charge >= 0.3 is 0 Å². The molecule has 2 rings (SSSR count). The molecular weight excluding hydrogens is 316 g/mol. The molecule has 0 aliphatic rings. The molecule has 0 aliphatic heterocycles. The average molecular weight is 346 g/mol. The van der Waals surface area contributed by atoms with Crippen LogP contribution in [0.15, 0.2) is 22.6 Å². The van der Waals surface area contributed by atoms with E-state index in [1.807, 2.05) is 26.0 Å². The highest BCUT2D eigenvalue weighted by Crippen LogP contribution is 2.21. The topological polar surface area (TPSA) is 63.3 Å². The predicted molar refractivity (Wildman–Crippen MR) is 99.6 cm³/mol. The minimum atomic E-state index is -0.0973. The molecule has 0 aromatic carbocycles. The van der Waals surface area contributed by atoms with Gasteiger partial charge < -0.3 is 14.6 Å². The number of carbonyl (C=O) groups is 1. The Morgan fingerprint density at radius 1 is 1.36 bits per heavy atom. The van der Waals surface area contributed by atoms with Crippen molar-refractivity contribution in [2.24, 2.45) is 7.05 Å². The van der Waals surface area contributed by atoms with Crippen LogP contribution in [0.2, 0.25) is 0 Å². The molecule has 2 aromatic rings. The summed E-state index contributed by atoms with van der Waals surface area (Å²) in [6.45, 7) is 11.5. The number of aryl methyl sites for hydroxylation is 2. The lowest BCUT2D eigenvalue weighted by Crippen LogP contribution is -2.34. The fourth-order valence-electron chi connectivity index (χ4n) is 2.90. The number of hydrogen-bond donors (Lipinski definition) is 1. The van der Waals surface area contributed by atoms with Gasteiger partial charge in [-0.3, -0.25) is 9.48 Å². The second-order valence-electron chi connectivity index (χ2n) is 6.49. The third kappa shape index (κ3) is 5.19. The van der Waals surface area contributed by atoms with Crippen LogP contribution in [-0.2, 0) is 7.05 Å². The molecule has 2 heterocycles. The second-order valence-corrected chi connectivity index (χ2v) is 6.49. The van der Waals surface area contributed by atoms with Crippen molar-refractivity contribution in [3.8, 4) is 11.5 Å². The molecule has 2 aromatic heterocycles. The summed E-state index contributed by atoms with van der Waals surface area (Å²) < 4.78 is 7.19. The number of amides is 1. The van der Waals surface area contributed by atoms with Crippen molar-refractivity contribution in [3.63, 3.8) is 0 Å². The number of rotatable bonds is 9. The first-order chi connectivity index (χ1) is 11.9. The number of nitrogens with one attached hydrogen (secondary N) is 1. The first kappa shape index (κ1) is 19.2. The van der Waals surface area contributed by atoms with Crippen LogP contribution < -0.4 is 5.32 Å². The van der Waals surface area contributed by atoms with E-state index < -0.39 is 0 Å². The van der Waals surface area contributed by atoms with E-state index in [2.05, 4.69) is 29.2 Å². The van der Waals surface area contributed by atoms with Gasteiger partial charge in [-0.15, -0.1) is 0 Å². The monoisotopic (exact) mass is 346 g/mol. The third-order valence-electron chi connectivity index (χ3n) is 4.49.